The fourth-order valence-corrected chi connectivity index (χ4v) is 2.28. The Bertz CT molecular complexity index is 370. The number of hydrogen-bond donors (Lipinski definition) is 0. The molecular weight excluding hydrogens is 234 g/mol. The lowest BCUT2D eigenvalue weighted by Gasteiger charge is -2.07. The third kappa shape index (κ3) is 3.39. The molecule has 0 spiro atoms. The number of hydrogen-bond acceptors (Lipinski definition) is 3. The summed E-state index contributed by atoms with van der Waals surface area (Å²) in [6.45, 7) is 3.77. The molecule has 0 saturated carbocycles. The molecule has 1 atom stereocenters. The average Bonchev–Trinajstić information content (AvgIpc) is 2.17. The summed E-state index contributed by atoms with van der Waals surface area (Å²) in [5.74, 6) is 0.570. The van der Waals surface area contributed by atoms with Crippen LogP contribution in [0.15, 0.2) is 23.1 Å². The lowest BCUT2D eigenvalue weighted by Crippen LogP contribution is -1.97. The van der Waals surface area contributed by atoms with Crippen LogP contribution >= 0.6 is 23.4 Å². The normalized spacial score (nSPS) is 12.5. The maximum Gasteiger partial charge on any atom is 0.272 e. The van der Waals surface area contributed by atoms with Gasteiger partial charge in [-0.05, 0) is 19.1 Å². The van der Waals surface area contributed by atoms with Crippen LogP contribution in [-0.2, 0) is 0 Å². The van der Waals surface area contributed by atoms with Gasteiger partial charge in [0, 0.05) is 27.7 Å². The van der Waals surface area contributed by atoms with Crippen LogP contribution in [0.5, 0.6) is 0 Å². The van der Waals surface area contributed by atoms with Gasteiger partial charge in [-0.3, -0.25) is 10.1 Å². The Morgan fingerprint density at radius 1 is 1.60 bits per heavy atom. The van der Waals surface area contributed by atoms with E-state index in [-0.39, 0.29) is 10.6 Å². The summed E-state index contributed by atoms with van der Waals surface area (Å²) in [5.41, 5.74) is 0.852. The molecule has 0 aliphatic heterocycles. The minimum Gasteiger partial charge on any atom is -0.258 e. The van der Waals surface area contributed by atoms with Crippen molar-refractivity contribution >= 4 is 29.1 Å². The predicted octanol–water partition coefficient (Wildman–Crippen LogP) is 3.62. The summed E-state index contributed by atoms with van der Waals surface area (Å²) < 4.78 is 0. The van der Waals surface area contributed by atoms with Crippen molar-refractivity contribution in [3.05, 3.63) is 33.9 Å². The van der Waals surface area contributed by atoms with Crippen LogP contribution in [0, 0.1) is 17.0 Å². The number of benzene rings is 1. The van der Waals surface area contributed by atoms with Gasteiger partial charge >= 0.3 is 0 Å². The molecule has 1 aromatic carbocycles. The summed E-state index contributed by atoms with van der Waals surface area (Å²) >= 11 is 7.32. The van der Waals surface area contributed by atoms with E-state index >= 15 is 0 Å². The summed E-state index contributed by atoms with van der Waals surface area (Å²) in [7, 11) is 0. The van der Waals surface area contributed by atoms with Gasteiger partial charge in [0.1, 0.15) is 0 Å². The summed E-state index contributed by atoms with van der Waals surface area (Å²) in [5, 5.41) is 10.9. The lowest BCUT2D eigenvalue weighted by atomic mass is 10.2. The highest BCUT2D eigenvalue weighted by Gasteiger charge is 2.11. The molecule has 1 aromatic rings. The molecule has 82 valence electrons. The van der Waals surface area contributed by atoms with Crippen LogP contribution in [0.1, 0.15) is 12.5 Å². The molecule has 15 heavy (non-hydrogen) atoms. The highest BCUT2D eigenvalue weighted by molar-refractivity contribution is 8.00. The van der Waals surface area contributed by atoms with Crippen molar-refractivity contribution in [2.75, 3.05) is 5.88 Å². The Balaban J connectivity index is 2.87. The monoisotopic (exact) mass is 245 g/mol. The van der Waals surface area contributed by atoms with E-state index in [4.69, 9.17) is 11.6 Å². The molecule has 0 aliphatic rings. The van der Waals surface area contributed by atoms with E-state index in [1.165, 1.54) is 0 Å². The number of thioether (sulfide) groups is 1. The second-order valence-corrected chi connectivity index (χ2v) is 5.11. The third-order valence-electron chi connectivity index (χ3n) is 1.92. The first-order valence-electron chi connectivity index (χ1n) is 4.52. The maximum atomic E-state index is 10.6. The lowest BCUT2D eigenvalue weighted by molar-refractivity contribution is -0.385. The molecule has 1 unspecified atom stereocenters. The zero-order valence-corrected chi connectivity index (χ0v) is 10.1. The number of rotatable bonds is 4. The largest absolute Gasteiger partial charge is 0.272 e. The first-order valence-corrected chi connectivity index (χ1v) is 5.93. The number of halogens is 1. The molecule has 0 heterocycles. The van der Waals surface area contributed by atoms with Gasteiger partial charge in [-0.2, -0.15) is 0 Å². The van der Waals surface area contributed by atoms with Crippen molar-refractivity contribution < 1.29 is 4.92 Å². The van der Waals surface area contributed by atoms with Crippen LogP contribution < -0.4 is 0 Å². The number of aryl methyl sites for hydroxylation is 1. The van der Waals surface area contributed by atoms with Gasteiger partial charge in [-0.25, -0.2) is 0 Å². The Kier molecular flexibility index (Phi) is 4.42. The minimum absolute atomic E-state index is 0.165. The van der Waals surface area contributed by atoms with Gasteiger partial charge in [0.15, 0.2) is 0 Å². The van der Waals surface area contributed by atoms with E-state index in [0.717, 1.165) is 4.90 Å². The Hall–Kier alpha value is -0.740. The molecule has 0 saturated heterocycles. The smallest absolute Gasteiger partial charge is 0.258 e. The van der Waals surface area contributed by atoms with Crippen LogP contribution in [0.3, 0.4) is 0 Å². The van der Waals surface area contributed by atoms with Gasteiger partial charge in [0.25, 0.3) is 5.69 Å². The number of nitro groups is 1. The van der Waals surface area contributed by atoms with E-state index < -0.39 is 0 Å². The molecular formula is C10H12ClNO2S. The van der Waals surface area contributed by atoms with E-state index in [9.17, 15) is 10.1 Å². The number of alkyl halides is 1. The van der Waals surface area contributed by atoms with Crippen LogP contribution in [0.2, 0.25) is 0 Å². The van der Waals surface area contributed by atoms with Crippen molar-refractivity contribution in [2.45, 2.75) is 24.0 Å². The van der Waals surface area contributed by atoms with Crippen molar-refractivity contribution in [3.63, 3.8) is 0 Å². The molecule has 0 amide bonds. The molecule has 0 aliphatic carbocycles. The molecule has 5 heteroatoms. The second kappa shape index (κ2) is 5.37. The topological polar surface area (TPSA) is 43.1 Å². The fourth-order valence-electron chi connectivity index (χ4n) is 1.17. The van der Waals surface area contributed by atoms with Gasteiger partial charge in [-0.1, -0.05) is 6.92 Å². The van der Waals surface area contributed by atoms with Gasteiger partial charge in [0.05, 0.1) is 4.92 Å². The highest BCUT2D eigenvalue weighted by atomic mass is 35.5. The van der Waals surface area contributed by atoms with Crippen LogP contribution in [0.25, 0.3) is 0 Å². The molecule has 1 rings (SSSR count). The molecule has 0 radical (unpaired) electrons. The summed E-state index contributed by atoms with van der Waals surface area (Å²) in [4.78, 5) is 11.2. The molecule has 0 fully saturated rings. The number of nitrogens with zero attached hydrogens (tertiary/aromatic N) is 1. The molecule has 0 N–H and O–H groups in total. The van der Waals surface area contributed by atoms with Crippen LogP contribution in [0.4, 0.5) is 5.69 Å². The molecule has 0 aromatic heterocycles. The fraction of sp³-hybridized carbons (Fsp3) is 0.400. The van der Waals surface area contributed by atoms with E-state index in [2.05, 4.69) is 0 Å². The van der Waals surface area contributed by atoms with E-state index in [1.54, 1.807) is 30.8 Å². The second-order valence-electron chi connectivity index (χ2n) is 3.29. The minimum atomic E-state index is -0.366. The van der Waals surface area contributed by atoms with E-state index in [0.29, 0.717) is 16.7 Å². The maximum absolute atomic E-state index is 10.6. The van der Waals surface area contributed by atoms with Crippen molar-refractivity contribution in [1.29, 1.82) is 0 Å². The van der Waals surface area contributed by atoms with Gasteiger partial charge in [-0.15, -0.1) is 23.4 Å². The first kappa shape index (κ1) is 12.3. The summed E-state index contributed by atoms with van der Waals surface area (Å²) in [6, 6.07) is 5.13. The molecule has 3 nitrogen and oxygen atoms in total. The quantitative estimate of drug-likeness (QED) is 0.352. The Morgan fingerprint density at radius 3 is 2.73 bits per heavy atom. The Labute approximate surface area is 98.0 Å². The van der Waals surface area contributed by atoms with Gasteiger partial charge in [0.2, 0.25) is 0 Å². The number of nitro benzene ring substituents is 1. The zero-order chi connectivity index (χ0) is 11.4. The third-order valence-corrected chi connectivity index (χ3v) is 3.66. The standard InChI is InChI=1S/C10H12ClNO2S/c1-7-5-9(15-8(2)6-11)3-4-10(7)12(13)14/h3-5,8H,6H2,1-2H3. The van der Waals surface area contributed by atoms with E-state index in [1.807, 2.05) is 13.0 Å². The van der Waals surface area contributed by atoms with Crippen LogP contribution in [-0.4, -0.2) is 16.1 Å². The molecule has 0 bridgehead atoms. The van der Waals surface area contributed by atoms with Crippen molar-refractivity contribution in [1.82, 2.24) is 0 Å². The Morgan fingerprint density at radius 2 is 2.27 bits per heavy atom. The average molecular weight is 246 g/mol. The highest BCUT2D eigenvalue weighted by Crippen LogP contribution is 2.28. The first-order chi connectivity index (χ1) is 7.04. The van der Waals surface area contributed by atoms with Crippen molar-refractivity contribution in [3.8, 4) is 0 Å². The van der Waals surface area contributed by atoms with Crippen molar-refractivity contribution in [2.24, 2.45) is 0 Å². The summed E-state index contributed by atoms with van der Waals surface area (Å²) in [6.07, 6.45) is 0. The SMILES string of the molecule is Cc1cc(SC(C)CCl)ccc1[N+](=O)[O-]. The predicted molar refractivity (Wildman–Crippen MR) is 63.9 cm³/mol. The zero-order valence-electron chi connectivity index (χ0n) is 8.57. The van der Waals surface area contributed by atoms with Gasteiger partial charge < -0.3 is 0 Å².